The monoisotopic (exact) mass is 299 g/mol. The fourth-order valence-corrected chi connectivity index (χ4v) is 4.20. The maximum atomic E-state index is 5.96. The van der Waals surface area contributed by atoms with E-state index in [0.717, 1.165) is 21.3 Å². The van der Waals surface area contributed by atoms with E-state index in [9.17, 15) is 0 Å². The molecule has 6 heteroatoms. The number of nitrogens with one attached hydrogen (secondary N) is 1. The molecular formula is C12H14ClN3S2. The largest absolute Gasteiger partial charge is 0.367 e. The highest BCUT2D eigenvalue weighted by atomic mass is 35.5. The summed E-state index contributed by atoms with van der Waals surface area (Å²) in [6.45, 7) is 0. The van der Waals surface area contributed by atoms with E-state index in [2.05, 4.69) is 27.6 Å². The molecule has 0 amide bonds. The van der Waals surface area contributed by atoms with E-state index in [-0.39, 0.29) is 0 Å². The molecule has 2 aromatic heterocycles. The van der Waals surface area contributed by atoms with Crippen molar-refractivity contribution < 1.29 is 0 Å². The van der Waals surface area contributed by atoms with Crippen LogP contribution in [0.3, 0.4) is 0 Å². The summed E-state index contributed by atoms with van der Waals surface area (Å²) < 4.78 is 0. The highest BCUT2D eigenvalue weighted by molar-refractivity contribution is 7.99. The number of nitrogens with zero attached hydrogens (tertiary/aromatic N) is 2. The second-order valence-electron chi connectivity index (χ2n) is 4.49. The molecule has 2 unspecified atom stereocenters. The van der Waals surface area contributed by atoms with E-state index in [1.165, 1.54) is 19.3 Å². The molecule has 1 fully saturated rings. The molecule has 3 nitrogen and oxygen atoms in total. The van der Waals surface area contributed by atoms with Gasteiger partial charge >= 0.3 is 0 Å². The van der Waals surface area contributed by atoms with Crippen molar-refractivity contribution in [3.63, 3.8) is 0 Å². The van der Waals surface area contributed by atoms with Crippen molar-refractivity contribution in [2.24, 2.45) is 0 Å². The third kappa shape index (κ3) is 2.44. The zero-order chi connectivity index (χ0) is 12.5. The van der Waals surface area contributed by atoms with E-state index < -0.39 is 0 Å². The van der Waals surface area contributed by atoms with Crippen molar-refractivity contribution in [3.8, 4) is 0 Å². The Morgan fingerprint density at radius 3 is 3.11 bits per heavy atom. The molecule has 0 aliphatic heterocycles. The van der Waals surface area contributed by atoms with Crippen molar-refractivity contribution in [3.05, 3.63) is 16.7 Å². The van der Waals surface area contributed by atoms with Gasteiger partial charge in [-0.15, -0.1) is 11.3 Å². The van der Waals surface area contributed by atoms with Crippen molar-refractivity contribution in [2.45, 2.75) is 30.6 Å². The Kier molecular flexibility index (Phi) is 3.63. The van der Waals surface area contributed by atoms with Crippen LogP contribution < -0.4 is 5.32 Å². The van der Waals surface area contributed by atoms with Crippen LogP contribution in [-0.4, -0.2) is 27.5 Å². The number of rotatable bonds is 3. The van der Waals surface area contributed by atoms with Gasteiger partial charge in [0.25, 0.3) is 0 Å². The van der Waals surface area contributed by atoms with Gasteiger partial charge in [0.15, 0.2) is 0 Å². The average molecular weight is 300 g/mol. The number of hydrogen-bond donors (Lipinski definition) is 1. The summed E-state index contributed by atoms with van der Waals surface area (Å²) in [5.41, 5.74) is 0. The molecule has 1 N–H and O–H groups in total. The summed E-state index contributed by atoms with van der Waals surface area (Å²) in [6.07, 6.45) is 5.88. The lowest BCUT2D eigenvalue weighted by molar-refractivity contribution is 0.753. The molecule has 1 aliphatic carbocycles. The molecule has 96 valence electrons. The van der Waals surface area contributed by atoms with Gasteiger partial charge in [-0.3, -0.25) is 0 Å². The second kappa shape index (κ2) is 5.23. The first-order chi connectivity index (χ1) is 8.76. The van der Waals surface area contributed by atoms with Gasteiger partial charge in [-0.25, -0.2) is 9.97 Å². The average Bonchev–Trinajstić information content (AvgIpc) is 2.97. The molecule has 0 spiro atoms. The second-order valence-corrected chi connectivity index (χ2v) is 6.86. The molecule has 1 aliphatic rings. The van der Waals surface area contributed by atoms with Crippen LogP contribution in [0, 0.1) is 0 Å². The number of fused-ring (bicyclic) bond motifs is 1. The molecule has 0 bridgehead atoms. The topological polar surface area (TPSA) is 37.8 Å². The fraction of sp³-hybridized carbons (Fsp3) is 0.500. The summed E-state index contributed by atoms with van der Waals surface area (Å²) in [6, 6.07) is 2.57. The van der Waals surface area contributed by atoms with Crippen LogP contribution in [0.2, 0.25) is 5.28 Å². The summed E-state index contributed by atoms with van der Waals surface area (Å²) in [4.78, 5) is 9.52. The van der Waals surface area contributed by atoms with Crippen LogP contribution in [0.25, 0.3) is 10.2 Å². The van der Waals surface area contributed by atoms with Crippen LogP contribution >= 0.6 is 34.7 Å². The van der Waals surface area contributed by atoms with Gasteiger partial charge in [0, 0.05) is 11.3 Å². The van der Waals surface area contributed by atoms with Gasteiger partial charge in [0.1, 0.15) is 10.6 Å². The predicted molar refractivity (Wildman–Crippen MR) is 81.0 cm³/mol. The Morgan fingerprint density at radius 2 is 2.33 bits per heavy atom. The number of aromatic nitrogens is 2. The van der Waals surface area contributed by atoms with Crippen molar-refractivity contribution in [1.82, 2.24) is 9.97 Å². The zero-order valence-corrected chi connectivity index (χ0v) is 12.4. The van der Waals surface area contributed by atoms with E-state index in [4.69, 9.17) is 11.6 Å². The molecular weight excluding hydrogens is 286 g/mol. The molecule has 2 aromatic rings. The first kappa shape index (κ1) is 12.5. The predicted octanol–water partition coefficient (Wildman–Crippen LogP) is 4.04. The third-order valence-corrected chi connectivity index (χ3v) is 5.43. The summed E-state index contributed by atoms with van der Waals surface area (Å²) in [5.74, 6) is 0.887. The number of thiophene rings is 1. The highest BCUT2D eigenvalue weighted by Gasteiger charge is 2.24. The number of halogens is 1. The standard InChI is InChI=1S/C12H14ClN3S2/c1-17-8-3-2-7(6-8)14-10-9-4-5-18-11(9)16-12(13)15-10/h4-5,7-8H,2-3,6H2,1H3,(H,14,15,16). The maximum absolute atomic E-state index is 5.96. The first-order valence-corrected chi connectivity index (χ1v) is 8.51. The Balaban J connectivity index is 1.84. The van der Waals surface area contributed by atoms with Crippen LogP contribution in [0.15, 0.2) is 11.4 Å². The van der Waals surface area contributed by atoms with Crippen molar-refractivity contribution >= 4 is 50.7 Å². The van der Waals surface area contributed by atoms with E-state index in [1.54, 1.807) is 11.3 Å². The van der Waals surface area contributed by atoms with Crippen molar-refractivity contribution in [1.29, 1.82) is 0 Å². The molecule has 0 aromatic carbocycles. The number of thioether (sulfide) groups is 1. The molecule has 18 heavy (non-hydrogen) atoms. The summed E-state index contributed by atoms with van der Waals surface area (Å²) in [7, 11) is 0. The molecule has 2 heterocycles. The van der Waals surface area contributed by atoms with Gasteiger partial charge < -0.3 is 5.32 Å². The Bertz CT molecular complexity index is 557. The molecule has 2 atom stereocenters. The fourth-order valence-electron chi connectivity index (χ4n) is 2.42. The minimum absolute atomic E-state index is 0.326. The van der Waals surface area contributed by atoms with Crippen LogP contribution in [0.1, 0.15) is 19.3 Å². The van der Waals surface area contributed by atoms with Gasteiger partial charge in [0.2, 0.25) is 5.28 Å². The Labute approximate surface area is 119 Å². The van der Waals surface area contributed by atoms with Crippen LogP contribution in [0.5, 0.6) is 0 Å². The zero-order valence-electron chi connectivity index (χ0n) is 10.0. The van der Waals surface area contributed by atoms with E-state index >= 15 is 0 Å². The summed E-state index contributed by atoms with van der Waals surface area (Å²) in [5, 5.41) is 7.74. The lowest BCUT2D eigenvalue weighted by atomic mass is 10.2. The molecule has 0 radical (unpaired) electrons. The summed E-state index contributed by atoms with van der Waals surface area (Å²) >= 11 is 9.52. The minimum atomic E-state index is 0.326. The van der Waals surface area contributed by atoms with E-state index in [0.29, 0.717) is 11.3 Å². The molecule has 0 saturated heterocycles. The number of hydrogen-bond acceptors (Lipinski definition) is 5. The van der Waals surface area contributed by atoms with Crippen LogP contribution in [-0.2, 0) is 0 Å². The van der Waals surface area contributed by atoms with Gasteiger partial charge in [-0.1, -0.05) is 0 Å². The van der Waals surface area contributed by atoms with Gasteiger partial charge in [0.05, 0.1) is 5.39 Å². The smallest absolute Gasteiger partial charge is 0.225 e. The Morgan fingerprint density at radius 1 is 1.44 bits per heavy atom. The molecule has 1 saturated carbocycles. The quantitative estimate of drug-likeness (QED) is 0.868. The first-order valence-electron chi connectivity index (χ1n) is 5.96. The SMILES string of the molecule is CSC1CCC(Nc2nc(Cl)nc3sccc23)C1. The minimum Gasteiger partial charge on any atom is -0.367 e. The maximum Gasteiger partial charge on any atom is 0.225 e. The highest BCUT2D eigenvalue weighted by Crippen LogP contribution is 2.32. The lowest BCUT2D eigenvalue weighted by Gasteiger charge is -2.14. The number of anilines is 1. The van der Waals surface area contributed by atoms with Gasteiger partial charge in [-0.2, -0.15) is 11.8 Å². The third-order valence-electron chi connectivity index (χ3n) is 3.36. The van der Waals surface area contributed by atoms with E-state index in [1.807, 2.05) is 17.1 Å². The normalized spacial score (nSPS) is 23.7. The Hall–Kier alpha value is -0.520. The van der Waals surface area contributed by atoms with Crippen LogP contribution in [0.4, 0.5) is 5.82 Å². The van der Waals surface area contributed by atoms with Gasteiger partial charge in [-0.05, 0) is 48.6 Å². The molecule has 3 rings (SSSR count). The van der Waals surface area contributed by atoms with Crippen molar-refractivity contribution in [2.75, 3.05) is 11.6 Å². The lowest BCUT2D eigenvalue weighted by Crippen LogP contribution is -2.17.